The Morgan fingerprint density at radius 3 is 3.06 bits per heavy atom. The largest absolute Gasteiger partial charge is 0.388 e. The highest BCUT2D eigenvalue weighted by molar-refractivity contribution is 9.11. The van der Waals surface area contributed by atoms with Gasteiger partial charge >= 0.3 is 0 Å². The predicted octanol–water partition coefficient (Wildman–Crippen LogP) is 2.51. The quantitative estimate of drug-likeness (QED) is 0.625. The van der Waals surface area contributed by atoms with Crippen molar-refractivity contribution in [3.63, 3.8) is 0 Å². The van der Waals surface area contributed by atoms with Crippen LogP contribution in [0.15, 0.2) is 21.9 Å². The minimum absolute atomic E-state index is 0.159. The van der Waals surface area contributed by atoms with E-state index in [0.29, 0.717) is 12.2 Å². The Morgan fingerprint density at radius 1 is 1.72 bits per heavy atom. The molecule has 0 fully saturated rings. The second-order valence-corrected chi connectivity index (χ2v) is 4.91. The molecule has 0 saturated carbocycles. The van der Waals surface area contributed by atoms with Crippen molar-refractivity contribution in [3.8, 4) is 6.26 Å². The molecule has 0 unspecified atom stereocenters. The average Bonchev–Trinajstić information content (AvgIpc) is 2.32. The Labute approximate surface area is 115 Å². The topological polar surface area (TPSA) is 71.3 Å². The van der Waals surface area contributed by atoms with Crippen LogP contribution in [0.1, 0.15) is 26.7 Å². The number of hydroxylamine groups is 1. The molecule has 98 valence electrons. The van der Waals surface area contributed by atoms with Crippen LogP contribution in [0, 0.1) is 17.4 Å². The summed E-state index contributed by atoms with van der Waals surface area (Å²) in [5.41, 5.74) is 3.06. The van der Waals surface area contributed by atoms with Gasteiger partial charge in [0, 0.05) is 16.5 Å². The number of allylic oxidation sites excluding steroid dienone is 2. The molecule has 0 saturated heterocycles. The predicted molar refractivity (Wildman–Crippen MR) is 68.9 cm³/mol. The van der Waals surface area contributed by atoms with E-state index in [1.54, 1.807) is 13.2 Å². The van der Waals surface area contributed by atoms with Gasteiger partial charge < -0.3 is 4.74 Å². The number of hydrogen-bond acceptors (Lipinski definition) is 4. The van der Waals surface area contributed by atoms with Gasteiger partial charge in [0.2, 0.25) is 5.91 Å². The Kier molecular flexibility index (Phi) is 5.89. The lowest BCUT2D eigenvalue weighted by Gasteiger charge is -2.20. The highest BCUT2D eigenvalue weighted by Gasteiger charge is 2.20. The molecule has 5 nitrogen and oxygen atoms in total. The molecule has 1 amide bonds. The Morgan fingerprint density at radius 2 is 2.44 bits per heavy atom. The van der Waals surface area contributed by atoms with Crippen molar-refractivity contribution in [3.05, 3.63) is 21.9 Å². The van der Waals surface area contributed by atoms with Crippen LogP contribution >= 0.6 is 15.9 Å². The molecule has 1 atom stereocenters. The number of hydrogen-bond donors (Lipinski definition) is 1. The van der Waals surface area contributed by atoms with Gasteiger partial charge in [-0.05, 0) is 18.4 Å². The van der Waals surface area contributed by atoms with E-state index >= 15 is 0 Å². The van der Waals surface area contributed by atoms with Crippen LogP contribution in [-0.4, -0.2) is 12.5 Å². The smallest absolute Gasteiger partial charge is 0.292 e. The number of amides is 1. The van der Waals surface area contributed by atoms with Crippen LogP contribution in [0.2, 0.25) is 0 Å². The minimum Gasteiger partial charge on any atom is -0.388 e. The molecule has 0 spiro atoms. The van der Waals surface area contributed by atoms with Crippen LogP contribution in [0.3, 0.4) is 0 Å². The van der Waals surface area contributed by atoms with E-state index in [-0.39, 0.29) is 18.4 Å². The Bertz CT molecular complexity index is 424. The lowest BCUT2D eigenvalue weighted by molar-refractivity contribution is -0.132. The molecule has 1 aliphatic rings. The molecule has 0 aromatic rings. The monoisotopic (exact) mass is 314 g/mol. The number of carbonyl (C=O) groups is 1. The third-order valence-corrected chi connectivity index (χ3v) is 3.24. The van der Waals surface area contributed by atoms with Crippen molar-refractivity contribution >= 4 is 21.8 Å². The average molecular weight is 315 g/mol. The Balaban J connectivity index is 2.66. The summed E-state index contributed by atoms with van der Waals surface area (Å²) in [6.07, 6.45) is 4.70. The minimum atomic E-state index is -0.192. The van der Waals surface area contributed by atoms with Gasteiger partial charge in [0.15, 0.2) is 0 Å². The van der Waals surface area contributed by atoms with Gasteiger partial charge in [-0.3, -0.25) is 9.63 Å². The molecule has 1 rings (SSSR count). The molecule has 1 aliphatic carbocycles. The molecule has 0 heterocycles. The third-order valence-electron chi connectivity index (χ3n) is 2.44. The molecule has 18 heavy (non-hydrogen) atoms. The molecule has 1 N–H and O–H groups in total. The summed E-state index contributed by atoms with van der Waals surface area (Å²) in [5, 5.41) is 8.60. The first kappa shape index (κ1) is 14.7. The van der Waals surface area contributed by atoms with Crippen molar-refractivity contribution in [2.75, 3.05) is 6.61 Å². The van der Waals surface area contributed by atoms with Crippen molar-refractivity contribution in [2.24, 2.45) is 5.92 Å². The van der Waals surface area contributed by atoms with Crippen LogP contribution in [0.5, 0.6) is 0 Å². The van der Waals surface area contributed by atoms with Crippen LogP contribution in [-0.2, 0) is 14.4 Å². The summed E-state index contributed by atoms with van der Waals surface area (Å²) in [5.74, 6) is 0.577. The third kappa shape index (κ3) is 4.17. The number of nitrogens with one attached hydrogen (secondary N) is 1. The van der Waals surface area contributed by atoms with Gasteiger partial charge in [-0.1, -0.05) is 29.8 Å². The molecular weight excluding hydrogens is 300 g/mol. The standard InChI is InChI=1S/C12H15BrN2O3/c1-3-12(16)15-18-6-9-10(13)4-8(2)5-11(9)17-7-14/h5,8H,3-4,6H2,1-2H3,(H,15,16)/t8-/m0/s1. The lowest BCUT2D eigenvalue weighted by atomic mass is 9.97. The maximum absolute atomic E-state index is 11.0. The summed E-state index contributed by atoms with van der Waals surface area (Å²) in [6, 6.07) is 0. The maximum Gasteiger partial charge on any atom is 0.292 e. The van der Waals surface area contributed by atoms with E-state index in [1.807, 2.05) is 13.0 Å². The van der Waals surface area contributed by atoms with Crippen molar-refractivity contribution < 1.29 is 14.4 Å². The number of nitriles is 1. The van der Waals surface area contributed by atoms with E-state index in [4.69, 9.17) is 14.8 Å². The fraction of sp³-hybridized carbons (Fsp3) is 0.500. The normalized spacial score (nSPS) is 19.0. The summed E-state index contributed by atoms with van der Waals surface area (Å²) < 4.78 is 5.83. The van der Waals surface area contributed by atoms with E-state index in [2.05, 4.69) is 21.4 Å². The zero-order valence-corrected chi connectivity index (χ0v) is 11.9. The summed E-state index contributed by atoms with van der Waals surface area (Å²) in [4.78, 5) is 16.1. The first-order chi connectivity index (χ1) is 8.58. The molecule has 0 aromatic heterocycles. The summed E-state index contributed by atoms with van der Waals surface area (Å²) in [6.45, 7) is 3.92. The molecule has 0 aliphatic heterocycles. The SMILES string of the molecule is CCC(=O)NOCC1=C(Br)C[C@H](C)C=C1OC#N. The first-order valence-electron chi connectivity index (χ1n) is 5.64. The number of halogens is 1. The zero-order chi connectivity index (χ0) is 13.5. The summed E-state index contributed by atoms with van der Waals surface area (Å²) in [7, 11) is 0. The van der Waals surface area contributed by atoms with E-state index in [9.17, 15) is 4.79 Å². The van der Waals surface area contributed by atoms with Gasteiger partial charge in [-0.25, -0.2) is 5.48 Å². The zero-order valence-electron chi connectivity index (χ0n) is 10.3. The fourth-order valence-electron chi connectivity index (χ4n) is 1.51. The highest BCUT2D eigenvalue weighted by Crippen LogP contribution is 2.32. The second kappa shape index (κ2) is 7.19. The van der Waals surface area contributed by atoms with Crippen LogP contribution in [0.4, 0.5) is 0 Å². The number of carbonyl (C=O) groups excluding carboxylic acids is 1. The van der Waals surface area contributed by atoms with Gasteiger partial charge in [0.05, 0.1) is 0 Å². The molecule has 0 radical (unpaired) electrons. The molecule has 6 heteroatoms. The first-order valence-corrected chi connectivity index (χ1v) is 6.44. The highest BCUT2D eigenvalue weighted by atomic mass is 79.9. The van der Waals surface area contributed by atoms with Crippen molar-refractivity contribution in [1.82, 2.24) is 5.48 Å². The van der Waals surface area contributed by atoms with Crippen LogP contribution in [0.25, 0.3) is 0 Å². The van der Waals surface area contributed by atoms with Crippen molar-refractivity contribution in [2.45, 2.75) is 26.7 Å². The van der Waals surface area contributed by atoms with Crippen molar-refractivity contribution in [1.29, 1.82) is 5.26 Å². The summed E-state index contributed by atoms with van der Waals surface area (Å²) >= 11 is 3.45. The number of rotatable bonds is 5. The lowest BCUT2D eigenvalue weighted by Crippen LogP contribution is -2.24. The van der Waals surface area contributed by atoms with E-state index in [0.717, 1.165) is 16.5 Å². The van der Waals surface area contributed by atoms with Gasteiger partial charge in [0.1, 0.15) is 12.4 Å². The van der Waals surface area contributed by atoms with Gasteiger partial charge in [-0.2, -0.15) is 0 Å². The molecule has 0 bridgehead atoms. The molecular formula is C12H15BrN2O3. The maximum atomic E-state index is 11.0. The van der Waals surface area contributed by atoms with E-state index < -0.39 is 0 Å². The fourth-order valence-corrected chi connectivity index (χ4v) is 2.33. The van der Waals surface area contributed by atoms with E-state index in [1.165, 1.54) is 0 Å². The Hall–Kier alpha value is -1.32. The van der Waals surface area contributed by atoms with Gasteiger partial charge in [-0.15, -0.1) is 5.26 Å². The molecule has 0 aromatic carbocycles. The number of ether oxygens (including phenoxy) is 1. The number of nitrogens with zero attached hydrogens (tertiary/aromatic N) is 1. The second-order valence-electron chi connectivity index (χ2n) is 3.96. The van der Waals surface area contributed by atoms with Gasteiger partial charge in [0.25, 0.3) is 6.26 Å². The van der Waals surface area contributed by atoms with Crippen LogP contribution < -0.4 is 5.48 Å².